The lowest BCUT2D eigenvalue weighted by atomic mass is 10.0. The quantitative estimate of drug-likeness (QED) is 0.588. The summed E-state index contributed by atoms with van der Waals surface area (Å²) in [6.45, 7) is 1.66. The van der Waals surface area contributed by atoms with Gasteiger partial charge in [0.2, 0.25) is 5.91 Å². The highest BCUT2D eigenvalue weighted by atomic mass is 32.2. The van der Waals surface area contributed by atoms with Crippen LogP contribution in [0, 0.1) is 5.92 Å². The van der Waals surface area contributed by atoms with Crippen molar-refractivity contribution in [2.24, 2.45) is 11.1 Å². The highest BCUT2D eigenvalue weighted by Crippen LogP contribution is 2.17. The number of anilines is 2. The van der Waals surface area contributed by atoms with Crippen LogP contribution in [0.3, 0.4) is 0 Å². The van der Waals surface area contributed by atoms with E-state index >= 15 is 0 Å². The first-order chi connectivity index (χ1) is 9.65. The fourth-order valence-electron chi connectivity index (χ4n) is 1.72. The Morgan fingerprint density at radius 1 is 1.29 bits per heavy atom. The molecule has 116 valence electrons. The predicted molar refractivity (Wildman–Crippen MR) is 77.8 cm³/mol. The summed E-state index contributed by atoms with van der Waals surface area (Å²) in [6, 6.07) is 6.01. The van der Waals surface area contributed by atoms with Gasteiger partial charge in [-0.2, -0.15) is 8.42 Å². The molecule has 0 aliphatic carbocycles. The van der Waals surface area contributed by atoms with Crippen LogP contribution >= 0.6 is 0 Å². The minimum atomic E-state index is -3.88. The van der Waals surface area contributed by atoms with Gasteiger partial charge in [0.1, 0.15) is 0 Å². The Hall–Kier alpha value is -2.13. The van der Waals surface area contributed by atoms with Gasteiger partial charge in [0.15, 0.2) is 0 Å². The van der Waals surface area contributed by atoms with Crippen LogP contribution in [0.1, 0.15) is 19.8 Å². The van der Waals surface area contributed by atoms with E-state index in [1.165, 1.54) is 12.1 Å². The molecule has 0 saturated heterocycles. The topological polar surface area (TPSA) is 139 Å². The third-order valence-electron chi connectivity index (χ3n) is 2.46. The lowest BCUT2D eigenvalue weighted by molar-refractivity contribution is -0.138. The van der Waals surface area contributed by atoms with Crippen molar-refractivity contribution >= 4 is 33.5 Å². The Kier molecular flexibility index (Phi) is 5.68. The number of nitrogens with one attached hydrogen (secondary N) is 2. The SMILES string of the molecule is CC(CC(=O)O)CC(=O)Nc1cccc(NS(N)(=O)=O)c1. The first kappa shape index (κ1) is 16.9. The second-order valence-corrected chi connectivity index (χ2v) is 5.98. The summed E-state index contributed by atoms with van der Waals surface area (Å²) in [5.74, 6) is -1.61. The van der Waals surface area contributed by atoms with Gasteiger partial charge in [0.05, 0.1) is 5.69 Å². The van der Waals surface area contributed by atoms with E-state index in [0.29, 0.717) is 5.69 Å². The number of hydrogen-bond donors (Lipinski definition) is 4. The summed E-state index contributed by atoms with van der Waals surface area (Å²) in [5.41, 5.74) is 0.602. The Balaban J connectivity index is 2.64. The van der Waals surface area contributed by atoms with Crippen LogP contribution in [0.25, 0.3) is 0 Å². The lowest BCUT2D eigenvalue weighted by Crippen LogP contribution is -2.22. The fourth-order valence-corrected chi connectivity index (χ4v) is 2.18. The van der Waals surface area contributed by atoms with E-state index in [2.05, 4.69) is 10.0 Å². The monoisotopic (exact) mass is 315 g/mol. The summed E-state index contributed by atoms with van der Waals surface area (Å²) in [4.78, 5) is 22.3. The summed E-state index contributed by atoms with van der Waals surface area (Å²) in [5, 5.41) is 16.0. The number of rotatable bonds is 7. The minimum Gasteiger partial charge on any atom is -0.481 e. The Bertz CT molecular complexity index is 630. The third kappa shape index (κ3) is 7.28. The number of amides is 1. The average molecular weight is 315 g/mol. The minimum absolute atomic E-state index is 0.0547. The number of aliphatic carboxylic acids is 1. The number of benzene rings is 1. The van der Waals surface area contributed by atoms with Crippen LogP contribution in [0.15, 0.2) is 24.3 Å². The molecule has 0 bridgehead atoms. The van der Waals surface area contributed by atoms with Crippen LogP contribution in [-0.2, 0) is 19.8 Å². The summed E-state index contributed by atoms with van der Waals surface area (Å²) >= 11 is 0. The number of hydrogen-bond acceptors (Lipinski definition) is 4. The van der Waals surface area contributed by atoms with Crippen molar-refractivity contribution < 1.29 is 23.1 Å². The summed E-state index contributed by atoms with van der Waals surface area (Å²) in [7, 11) is -3.88. The van der Waals surface area contributed by atoms with Gasteiger partial charge in [-0.15, -0.1) is 0 Å². The van der Waals surface area contributed by atoms with Crippen LogP contribution in [0.2, 0.25) is 0 Å². The molecule has 21 heavy (non-hydrogen) atoms. The highest BCUT2D eigenvalue weighted by molar-refractivity contribution is 7.90. The molecular weight excluding hydrogens is 298 g/mol. The smallest absolute Gasteiger partial charge is 0.303 e. The number of nitrogens with two attached hydrogens (primary N) is 1. The Morgan fingerprint density at radius 3 is 2.48 bits per heavy atom. The van der Waals surface area contributed by atoms with E-state index in [-0.39, 0.29) is 30.4 Å². The molecule has 1 amide bonds. The zero-order chi connectivity index (χ0) is 16.0. The number of carboxylic acids is 1. The van der Waals surface area contributed by atoms with Crippen molar-refractivity contribution in [3.05, 3.63) is 24.3 Å². The molecule has 1 aromatic rings. The molecule has 0 fully saturated rings. The van der Waals surface area contributed by atoms with Gasteiger partial charge in [-0.3, -0.25) is 14.3 Å². The molecule has 1 aromatic carbocycles. The molecule has 9 heteroatoms. The molecule has 0 aliphatic rings. The largest absolute Gasteiger partial charge is 0.481 e. The van der Waals surface area contributed by atoms with Crippen LogP contribution in [0.5, 0.6) is 0 Å². The van der Waals surface area contributed by atoms with Crippen molar-refractivity contribution in [2.75, 3.05) is 10.0 Å². The van der Waals surface area contributed by atoms with E-state index in [4.69, 9.17) is 10.2 Å². The first-order valence-electron chi connectivity index (χ1n) is 6.08. The van der Waals surface area contributed by atoms with E-state index in [9.17, 15) is 18.0 Å². The van der Waals surface area contributed by atoms with Crippen molar-refractivity contribution in [1.82, 2.24) is 0 Å². The van der Waals surface area contributed by atoms with Gasteiger partial charge < -0.3 is 10.4 Å². The highest BCUT2D eigenvalue weighted by Gasteiger charge is 2.13. The van der Waals surface area contributed by atoms with Crippen molar-refractivity contribution in [2.45, 2.75) is 19.8 Å². The Morgan fingerprint density at radius 2 is 1.90 bits per heavy atom. The zero-order valence-electron chi connectivity index (χ0n) is 11.4. The molecule has 0 radical (unpaired) electrons. The van der Waals surface area contributed by atoms with E-state index in [1.807, 2.05) is 0 Å². The maximum Gasteiger partial charge on any atom is 0.303 e. The van der Waals surface area contributed by atoms with Gasteiger partial charge in [0.25, 0.3) is 10.2 Å². The standard InChI is InChI=1S/C12H17N3O5S/c1-8(6-12(17)18)5-11(16)14-9-3-2-4-10(7-9)15-21(13,19)20/h2-4,7-8,15H,5-6H2,1H3,(H,14,16)(H,17,18)(H2,13,19,20). The van der Waals surface area contributed by atoms with Crippen LogP contribution < -0.4 is 15.2 Å². The summed E-state index contributed by atoms with van der Waals surface area (Å²) < 4.78 is 23.9. The molecule has 0 aliphatic heterocycles. The van der Waals surface area contributed by atoms with Crippen molar-refractivity contribution in [3.63, 3.8) is 0 Å². The van der Waals surface area contributed by atoms with Gasteiger partial charge in [-0.1, -0.05) is 13.0 Å². The zero-order valence-corrected chi connectivity index (χ0v) is 12.2. The first-order valence-corrected chi connectivity index (χ1v) is 7.62. The van der Waals surface area contributed by atoms with Crippen LogP contribution in [-0.4, -0.2) is 25.4 Å². The molecule has 5 N–H and O–H groups in total. The average Bonchev–Trinajstić information content (AvgIpc) is 2.24. The molecule has 8 nitrogen and oxygen atoms in total. The second-order valence-electron chi connectivity index (χ2n) is 4.68. The molecule has 1 rings (SSSR count). The molecule has 0 saturated carbocycles. The van der Waals surface area contributed by atoms with Gasteiger partial charge in [-0.25, -0.2) is 5.14 Å². The summed E-state index contributed by atoms with van der Waals surface area (Å²) in [6.07, 6.45) is -0.0421. The van der Waals surface area contributed by atoms with Crippen molar-refractivity contribution in [1.29, 1.82) is 0 Å². The molecule has 0 spiro atoms. The molecule has 1 atom stereocenters. The maximum absolute atomic E-state index is 11.7. The molecular formula is C12H17N3O5S. The second kappa shape index (κ2) is 7.04. The van der Waals surface area contributed by atoms with Crippen LogP contribution in [0.4, 0.5) is 11.4 Å². The van der Waals surface area contributed by atoms with E-state index < -0.39 is 16.2 Å². The maximum atomic E-state index is 11.7. The predicted octanol–water partition coefficient (Wildman–Crippen LogP) is 0.741. The molecule has 0 aromatic heterocycles. The lowest BCUT2D eigenvalue weighted by Gasteiger charge is -2.10. The molecule has 0 heterocycles. The Labute approximate surface area is 122 Å². The third-order valence-corrected chi connectivity index (χ3v) is 2.98. The van der Waals surface area contributed by atoms with E-state index in [0.717, 1.165) is 0 Å². The number of carbonyl (C=O) groups excluding carboxylic acids is 1. The van der Waals surface area contributed by atoms with Gasteiger partial charge in [-0.05, 0) is 24.1 Å². The molecule has 1 unspecified atom stereocenters. The van der Waals surface area contributed by atoms with Gasteiger partial charge >= 0.3 is 5.97 Å². The normalized spacial score (nSPS) is 12.5. The number of carbonyl (C=O) groups is 2. The fraction of sp³-hybridized carbons (Fsp3) is 0.333. The van der Waals surface area contributed by atoms with Crippen molar-refractivity contribution in [3.8, 4) is 0 Å². The van der Waals surface area contributed by atoms with E-state index in [1.54, 1.807) is 19.1 Å². The number of carboxylic acid groups (broad SMARTS) is 1. The van der Waals surface area contributed by atoms with Gasteiger partial charge in [0, 0.05) is 18.5 Å².